The summed E-state index contributed by atoms with van der Waals surface area (Å²) in [5, 5.41) is 0.0851. The van der Waals surface area contributed by atoms with E-state index in [1.807, 2.05) is 0 Å². The number of rotatable bonds is 2. The van der Waals surface area contributed by atoms with Crippen LogP contribution in [0.2, 0.25) is 15.1 Å². The second kappa shape index (κ2) is 5.18. The van der Waals surface area contributed by atoms with Crippen LogP contribution in [-0.4, -0.2) is 17.4 Å². The van der Waals surface area contributed by atoms with E-state index >= 15 is 0 Å². The van der Waals surface area contributed by atoms with Crippen molar-refractivity contribution < 1.29 is 8.42 Å². The maximum atomic E-state index is 12.7. The van der Waals surface area contributed by atoms with Crippen LogP contribution in [0.5, 0.6) is 0 Å². The van der Waals surface area contributed by atoms with Gasteiger partial charge in [0.1, 0.15) is 11.2 Å². The fourth-order valence-electron chi connectivity index (χ4n) is 1.94. The van der Waals surface area contributed by atoms with Crippen LogP contribution in [-0.2, 0) is 10.0 Å². The van der Waals surface area contributed by atoms with E-state index in [0.717, 1.165) is 3.97 Å². The molecule has 21 heavy (non-hydrogen) atoms. The Labute approximate surface area is 135 Å². The molecule has 0 atom stereocenters. The zero-order valence-electron chi connectivity index (χ0n) is 10.3. The highest BCUT2D eigenvalue weighted by Gasteiger charge is 2.24. The fourth-order valence-corrected chi connectivity index (χ4v) is 4.19. The van der Waals surface area contributed by atoms with E-state index < -0.39 is 10.0 Å². The standard InChI is InChI=1S/C13H7Cl3N2O2S/c14-8-5-6-11(13(16)12(8)15)21(19,20)18-7-17-9-3-1-2-4-10(9)18/h1-7H. The average Bonchev–Trinajstić information content (AvgIpc) is 2.89. The Morgan fingerprint density at radius 3 is 2.43 bits per heavy atom. The molecule has 0 aliphatic heterocycles. The Balaban J connectivity index is 2.29. The molecule has 4 nitrogen and oxygen atoms in total. The molecule has 0 aliphatic rings. The van der Waals surface area contributed by atoms with Crippen molar-refractivity contribution in [2.24, 2.45) is 0 Å². The van der Waals surface area contributed by atoms with E-state index in [9.17, 15) is 8.42 Å². The third kappa shape index (κ3) is 2.30. The number of nitrogens with zero attached hydrogens (tertiary/aromatic N) is 2. The maximum Gasteiger partial charge on any atom is 0.271 e. The first kappa shape index (κ1) is 14.7. The molecular weight excluding hydrogens is 355 g/mol. The minimum Gasteiger partial charge on any atom is -0.236 e. The molecule has 8 heteroatoms. The van der Waals surface area contributed by atoms with Crippen molar-refractivity contribution in [3.8, 4) is 0 Å². The maximum absolute atomic E-state index is 12.7. The highest BCUT2D eigenvalue weighted by Crippen LogP contribution is 2.36. The van der Waals surface area contributed by atoms with Crippen molar-refractivity contribution in [2.75, 3.05) is 0 Å². The summed E-state index contributed by atoms with van der Waals surface area (Å²) >= 11 is 17.8. The van der Waals surface area contributed by atoms with Crippen molar-refractivity contribution in [3.63, 3.8) is 0 Å². The molecule has 3 rings (SSSR count). The fraction of sp³-hybridized carbons (Fsp3) is 0. The van der Waals surface area contributed by atoms with Crippen LogP contribution in [0.15, 0.2) is 47.6 Å². The Morgan fingerprint density at radius 1 is 0.952 bits per heavy atom. The lowest BCUT2D eigenvalue weighted by Crippen LogP contribution is -2.12. The normalized spacial score (nSPS) is 12.0. The second-order valence-corrected chi connectivity index (χ2v) is 7.15. The smallest absolute Gasteiger partial charge is 0.236 e. The van der Waals surface area contributed by atoms with Crippen LogP contribution >= 0.6 is 34.8 Å². The SMILES string of the molecule is O=S(=O)(c1ccc(Cl)c(Cl)c1Cl)n1cnc2ccccc21. The zero-order valence-corrected chi connectivity index (χ0v) is 13.4. The zero-order chi connectivity index (χ0) is 15.2. The molecule has 0 aliphatic carbocycles. The van der Waals surface area contributed by atoms with Crippen molar-refractivity contribution >= 4 is 55.9 Å². The molecule has 0 unspecified atom stereocenters. The van der Waals surface area contributed by atoms with Crippen LogP contribution in [0, 0.1) is 0 Å². The van der Waals surface area contributed by atoms with E-state index in [0.29, 0.717) is 11.0 Å². The largest absolute Gasteiger partial charge is 0.271 e. The van der Waals surface area contributed by atoms with E-state index in [2.05, 4.69) is 4.98 Å². The number of para-hydroxylation sites is 2. The number of aromatic nitrogens is 2. The Kier molecular flexibility index (Phi) is 3.61. The van der Waals surface area contributed by atoms with Crippen LogP contribution in [0.3, 0.4) is 0 Å². The Morgan fingerprint density at radius 2 is 1.67 bits per heavy atom. The Hall–Kier alpha value is -1.27. The molecule has 0 fully saturated rings. The molecule has 3 aromatic rings. The van der Waals surface area contributed by atoms with E-state index in [1.54, 1.807) is 24.3 Å². The number of benzene rings is 2. The predicted molar refractivity (Wildman–Crippen MR) is 83.8 cm³/mol. The minimum atomic E-state index is -3.91. The Bertz CT molecular complexity index is 951. The number of fused-ring (bicyclic) bond motifs is 1. The van der Waals surface area contributed by atoms with Crippen LogP contribution in [0.4, 0.5) is 0 Å². The second-order valence-electron chi connectivity index (χ2n) is 4.21. The summed E-state index contributed by atoms with van der Waals surface area (Å²) < 4.78 is 26.5. The van der Waals surface area contributed by atoms with Crippen molar-refractivity contribution in [3.05, 3.63) is 57.8 Å². The average molecular weight is 362 g/mol. The highest BCUT2D eigenvalue weighted by atomic mass is 35.5. The molecule has 1 heterocycles. The van der Waals surface area contributed by atoms with Crippen LogP contribution in [0.25, 0.3) is 11.0 Å². The van der Waals surface area contributed by atoms with Gasteiger partial charge >= 0.3 is 0 Å². The number of imidazole rings is 1. The first-order chi connectivity index (χ1) is 9.93. The molecule has 0 bridgehead atoms. The molecule has 2 aromatic carbocycles. The molecular formula is C13H7Cl3N2O2S. The van der Waals surface area contributed by atoms with Gasteiger partial charge in [-0.3, -0.25) is 0 Å². The molecule has 0 saturated carbocycles. The molecule has 0 saturated heterocycles. The van der Waals surface area contributed by atoms with Gasteiger partial charge in [-0.2, -0.15) is 0 Å². The van der Waals surface area contributed by atoms with Crippen molar-refractivity contribution in [1.29, 1.82) is 0 Å². The van der Waals surface area contributed by atoms with Gasteiger partial charge in [0.15, 0.2) is 0 Å². The van der Waals surface area contributed by atoms with E-state index in [1.165, 1.54) is 18.5 Å². The minimum absolute atomic E-state index is 0.00355. The summed E-state index contributed by atoms with van der Waals surface area (Å²) in [5.41, 5.74) is 1.02. The first-order valence-corrected chi connectivity index (χ1v) is 8.31. The summed E-state index contributed by atoms with van der Waals surface area (Å²) in [6.07, 6.45) is 1.23. The lowest BCUT2D eigenvalue weighted by molar-refractivity contribution is 0.589. The monoisotopic (exact) mass is 360 g/mol. The molecule has 0 amide bonds. The van der Waals surface area contributed by atoms with Gasteiger partial charge in [-0.25, -0.2) is 17.4 Å². The van der Waals surface area contributed by atoms with Gasteiger partial charge < -0.3 is 0 Å². The predicted octanol–water partition coefficient (Wildman–Crippen LogP) is 4.23. The highest BCUT2D eigenvalue weighted by molar-refractivity contribution is 7.90. The summed E-state index contributed by atoms with van der Waals surface area (Å²) in [7, 11) is -3.91. The summed E-state index contributed by atoms with van der Waals surface area (Å²) in [5.74, 6) is 0. The van der Waals surface area contributed by atoms with Gasteiger partial charge in [0.2, 0.25) is 0 Å². The van der Waals surface area contributed by atoms with Crippen molar-refractivity contribution in [2.45, 2.75) is 4.90 Å². The quantitative estimate of drug-likeness (QED) is 0.642. The van der Waals surface area contributed by atoms with Gasteiger partial charge in [0.05, 0.1) is 26.1 Å². The van der Waals surface area contributed by atoms with Crippen molar-refractivity contribution in [1.82, 2.24) is 8.96 Å². The number of hydrogen-bond donors (Lipinski definition) is 0. The third-order valence-corrected chi connectivity index (χ3v) is 6.07. The third-order valence-electron chi connectivity index (χ3n) is 2.96. The number of halogens is 3. The van der Waals surface area contributed by atoms with Gasteiger partial charge in [0.25, 0.3) is 10.0 Å². The van der Waals surface area contributed by atoms with Crippen LogP contribution in [0.1, 0.15) is 0 Å². The van der Waals surface area contributed by atoms with Gasteiger partial charge in [-0.1, -0.05) is 46.9 Å². The molecule has 1 aromatic heterocycles. The van der Waals surface area contributed by atoms with Crippen LogP contribution < -0.4 is 0 Å². The molecule has 0 radical (unpaired) electrons. The lowest BCUT2D eigenvalue weighted by atomic mass is 10.3. The van der Waals surface area contributed by atoms with E-state index in [4.69, 9.17) is 34.8 Å². The molecule has 0 N–H and O–H groups in total. The first-order valence-electron chi connectivity index (χ1n) is 5.74. The lowest BCUT2D eigenvalue weighted by Gasteiger charge is -2.10. The number of hydrogen-bond acceptors (Lipinski definition) is 3. The summed E-state index contributed by atoms with van der Waals surface area (Å²) in [6, 6.07) is 9.59. The van der Waals surface area contributed by atoms with Gasteiger partial charge in [-0.15, -0.1) is 0 Å². The van der Waals surface area contributed by atoms with Gasteiger partial charge in [0, 0.05) is 0 Å². The summed E-state index contributed by atoms with van der Waals surface area (Å²) in [4.78, 5) is 3.94. The summed E-state index contributed by atoms with van der Waals surface area (Å²) in [6.45, 7) is 0. The topological polar surface area (TPSA) is 52.0 Å². The van der Waals surface area contributed by atoms with E-state index in [-0.39, 0.29) is 20.0 Å². The molecule has 0 spiro atoms. The van der Waals surface area contributed by atoms with Gasteiger partial charge in [-0.05, 0) is 24.3 Å². The molecule has 108 valence electrons.